The van der Waals surface area contributed by atoms with Gasteiger partial charge in [0.2, 0.25) is 0 Å². The van der Waals surface area contributed by atoms with Crippen LogP contribution >= 0.6 is 0 Å². The van der Waals surface area contributed by atoms with Gasteiger partial charge in [-0.25, -0.2) is 8.42 Å². The molecule has 3 aromatic carbocycles. The van der Waals surface area contributed by atoms with Crippen LogP contribution in [-0.4, -0.2) is 35.2 Å². The molecular weight excluding hydrogens is 444 g/mol. The average molecular weight is 471 g/mol. The summed E-state index contributed by atoms with van der Waals surface area (Å²) in [5.74, 6) is 1.52. The van der Waals surface area contributed by atoms with Gasteiger partial charge in [-0.05, 0) is 73.2 Å². The summed E-state index contributed by atoms with van der Waals surface area (Å²) in [6.07, 6.45) is 0. The van der Waals surface area contributed by atoms with Crippen LogP contribution in [0.5, 0.6) is 17.2 Å². The third kappa shape index (κ3) is 6.17. The molecule has 3 aromatic rings. The summed E-state index contributed by atoms with van der Waals surface area (Å²) >= 11 is 0. The van der Waals surface area contributed by atoms with Crippen LogP contribution < -0.4 is 24.2 Å². The minimum Gasteiger partial charge on any atom is -0.497 e. The zero-order valence-electron chi connectivity index (χ0n) is 18.6. The standard InChI is InChI=1S/C24H26N2O6S/c1-4-32-22-14-5-17(15-23(22)31-3)16-25-24(27)18-6-12-21(13-7-18)33(28,29)26-19-8-10-20(30-2)11-9-19/h5-15,26H,4,16H2,1-3H3,(H,25,27). The Bertz CT molecular complexity index is 1190. The van der Waals surface area contributed by atoms with Crippen LogP contribution in [0.3, 0.4) is 0 Å². The van der Waals surface area contributed by atoms with E-state index in [-0.39, 0.29) is 17.3 Å². The van der Waals surface area contributed by atoms with Gasteiger partial charge in [0.15, 0.2) is 11.5 Å². The number of ether oxygens (including phenoxy) is 3. The number of anilines is 1. The summed E-state index contributed by atoms with van der Waals surface area (Å²) < 4.78 is 43.6. The average Bonchev–Trinajstić information content (AvgIpc) is 2.83. The lowest BCUT2D eigenvalue weighted by Gasteiger charge is -2.12. The first kappa shape index (κ1) is 23.9. The molecule has 0 fully saturated rings. The predicted molar refractivity (Wildman–Crippen MR) is 126 cm³/mol. The molecule has 0 saturated carbocycles. The molecule has 9 heteroatoms. The smallest absolute Gasteiger partial charge is 0.261 e. The van der Waals surface area contributed by atoms with Gasteiger partial charge >= 0.3 is 0 Å². The number of hydrogen-bond donors (Lipinski definition) is 2. The lowest BCUT2D eigenvalue weighted by molar-refractivity contribution is 0.0950. The number of hydrogen-bond acceptors (Lipinski definition) is 6. The van der Waals surface area contributed by atoms with E-state index in [1.165, 1.54) is 31.4 Å². The van der Waals surface area contributed by atoms with Crippen LogP contribution in [-0.2, 0) is 16.6 Å². The van der Waals surface area contributed by atoms with Gasteiger partial charge < -0.3 is 19.5 Å². The van der Waals surface area contributed by atoms with Gasteiger partial charge in [0.1, 0.15) is 5.75 Å². The zero-order chi connectivity index (χ0) is 23.8. The number of rotatable bonds is 10. The molecule has 0 radical (unpaired) electrons. The van der Waals surface area contributed by atoms with Gasteiger partial charge in [0.25, 0.3) is 15.9 Å². The van der Waals surface area contributed by atoms with E-state index in [1.807, 2.05) is 13.0 Å². The van der Waals surface area contributed by atoms with Crippen molar-refractivity contribution in [2.75, 3.05) is 25.5 Å². The fourth-order valence-electron chi connectivity index (χ4n) is 3.04. The molecule has 0 aliphatic carbocycles. The van der Waals surface area contributed by atoms with E-state index in [0.717, 1.165) is 5.56 Å². The highest BCUT2D eigenvalue weighted by atomic mass is 32.2. The van der Waals surface area contributed by atoms with Gasteiger partial charge in [-0.3, -0.25) is 9.52 Å². The Morgan fingerprint density at radius 2 is 1.58 bits per heavy atom. The fraction of sp³-hybridized carbons (Fsp3) is 0.208. The van der Waals surface area contributed by atoms with Crippen molar-refractivity contribution in [1.82, 2.24) is 5.32 Å². The maximum atomic E-state index is 12.6. The van der Waals surface area contributed by atoms with E-state index in [4.69, 9.17) is 14.2 Å². The molecule has 0 heterocycles. The highest BCUT2D eigenvalue weighted by Crippen LogP contribution is 2.28. The van der Waals surface area contributed by atoms with Gasteiger partial charge in [0.05, 0.1) is 25.7 Å². The molecule has 8 nitrogen and oxygen atoms in total. The number of methoxy groups -OCH3 is 2. The minimum atomic E-state index is -3.80. The predicted octanol–water partition coefficient (Wildman–Crippen LogP) is 3.83. The third-order valence-electron chi connectivity index (χ3n) is 4.75. The van der Waals surface area contributed by atoms with Gasteiger partial charge in [-0.1, -0.05) is 6.07 Å². The van der Waals surface area contributed by atoms with Crippen molar-refractivity contribution in [3.8, 4) is 17.2 Å². The van der Waals surface area contributed by atoms with E-state index in [2.05, 4.69) is 10.0 Å². The second-order valence-corrected chi connectivity index (χ2v) is 8.64. The molecule has 0 spiro atoms. The van der Waals surface area contributed by atoms with Gasteiger partial charge in [-0.2, -0.15) is 0 Å². The maximum absolute atomic E-state index is 12.6. The molecule has 174 valence electrons. The van der Waals surface area contributed by atoms with Crippen LogP contribution in [0.15, 0.2) is 71.6 Å². The summed E-state index contributed by atoms with van der Waals surface area (Å²) in [6, 6.07) is 17.7. The molecule has 1 amide bonds. The van der Waals surface area contributed by atoms with Crippen molar-refractivity contribution in [3.63, 3.8) is 0 Å². The first-order valence-electron chi connectivity index (χ1n) is 10.2. The molecule has 2 N–H and O–H groups in total. The topological polar surface area (TPSA) is 103 Å². The molecular formula is C24H26N2O6S. The molecule has 0 bridgehead atoms. The fourth-order valence-corrected chi connectivity index (χ4v) is 4.10. The minimum absolute atomic E-state index is 0.0473. The van der Waals surface area contributed by atoms with Crippen molar-refractivity contribution in [2.45, 2.75) is 18.4 Å². The number of sulfonamides is 1. The van der Waals surface area contributed by atoms with E-state index in [1.54, 1.807) is 43.5 Å². The van der Waals surface area contributed by atoms with E-state index >= 15 is 0 Å². The summed E-state index contributed by atoms with van der Waals surface area (Å²) in [5.41, 5.74) is 1.59. The lowest BCUT2D eigenvalue weighted by Crippen LogP contribution is -2.23. The summed E-state index contributed by atoms with van der Waals surface area (Å²) in [5, 5.41) is 2.81. The molecule has 0 unspecified atom stereocenters. The second-order valence-electron chi connectivity index (χ2n) is 6.96. The van der Waals surface area contributed by atoms with Crippen LogP contribution in [0.4, 0.5) is 5.69 Å². The van der Waals surface area contributed by atoms with E-state index < -0.39 is 10.0 Å². The Labute approximate surface area is 193 Å². The van der Waals surface area contributed by atoms with Crippen LogP contribution in [0, 0.1) is 0 Å². The van der Waals surface area contributed by atoms with Crippen molar-refractivity contribution >= 4 is 21.6 Å². The Hall–Kier alpha value is -3.72. The molecule has 0 aliphatic rings. The molecule has 3 rings (SSSR count). The summed E-state index contributed by atoms with van der Waals surface area (Å²) in [6.45, 7) is 2.69. The van der Waals surface area contributed by atoms with E-state index in [0.29, 0.717) is 35.1 Å². The highest BCUT2D eigenvalue weighted by Gasteiger charge is 2.15. The van der Waals surface area contributed by atoms with E-state index in [9.17, 15) is 13.2 Å². The van der Waals surface area contributed by atoms with Crippen LogP contribution in [0.25, 0.3) is 0 Å². The summed E-state index contributed by atoms with van der Waals surface area (Å²) in [4.78, 5) is 12.6. The van der Waals surface area contributed by atoms with Gasteiger partial charge in [0, 0.05) is 17.8 Å². The molecule has 0 aromatic heterocycles. The number of carbonyl (C=O) groups is 1. The number of amides is 1. The summed E-state index contributed by atoms with van der Waals surface area (Å²) in [7, 11) is -0.707. The Morgan fingerprint density at radius 1 is 0.879 bits per heavy atom. The Balaban J connectivity index is 1.63. The molecule has 0 saturated heterocycles. The maximum Gasteiger partial charge on any atom is 0.261 e. The van der Waals surface area contributed by atoms with Gasteiger partial charge in [-0.15, -0.1) is 0 Å². The second kappa shape index (κ2) is 10.7. The number of carbonyl (C=O) groups excluding carboxylic acids is 1. The van der Waals surface area contributed by atoms with Crippen LogP contribution in [0.2, 0.25) is 0 Å². The number of benzene rings is 3. The Kier molecular flexibility index (Phi) is 7.78. The van der Waals surface area contributed by atoms with Crippen molar-refractivity contribution in [3.05, 3.63) is 77.9 Å². The first-order valence-corrected chi connectivity index (χ1v) is 11.7. The SMILES string of the molecule is CCOc1ccc(CNC(=O)c2ccc(S(=O)(=O)Nc3ccc(OC)cc3)cc2)cc1OC. The number of nitrogens with one attached hydrogen (secondary N) is 2. The van der Waals surface area contributed by atoms with Crippen molar-refractivity contribution in [2.24, 2.45) is 0 Å². The zero-order valence-corrected chi connectivity index (χ0v) is 19.4. The van der Waals surface area contributed by atoms with Crippen LogP contribution in [0.1, 0.15) is 22.8 Å². The quantitative estimate of drug-likeness (QED) is 0.467. The largest absolute Gasteiger partial charge is 0.497 e. The molecule has 33 heavy (non-hydrogen) atoms. The monoisotopic (exact) mass is 470 g/mol. The van der Waals surface area contributed by atoms with Crippen molar-refractivity contribution < 1.29 is 27.4 Å². The van der Waals surface area contributed by atoms with Crippen molar-refractivity contribution in [1.29, 1.82) is 0 Å². The normalized spacial score (nSPS) is 10.9. The third-order valence-corrected chi connectivity index (χ3v) is 6.15. The first-order chi connectivity index (χ1) is 15.9. The Morgan fingerprint density at radius 3 is 2.18 bits per heavy atom. The lowest BCUT2D eigenvalue weighted by atomic mass is 10.1. The highest BCUT2D eigenvalue weighted by molar-refractivity contribution is 7.92. The molecule has 0 atom stereocenters. The molecule has 0 aliphatic heterocycles.